The first kappa shape index (κ1) is 18.4. The molecule has 26 heavy (non-hydrogen) atoms. The summed E-state index contributed by atoms with van der Waals surface area (Å²) < 4.78 is 0. The summed E-state index contributed by atoms with van der Waals surface area (Å²) in [6, 6.07) is 7.51. The number of aryl methyl sites for hydroxylation is 1. The van der Waals surface area contributed by atoms with Crippen molar-refractivity contribution in [1.82, 2.24) is 15.1 Å². The van der Waals surface area contributed by atoms with Crippen LogP contribution in [0.15, 0.2) is 24.3 Å². The van der Waals surface area contributed by atoms with Gasteiger partial charge in [-0.1, -0.05) is 49.6 Å². The molecule has 1 aromatic carbocycles. The van der Waals surface area contributed by atoms with Gasteiger partial charge >= 0.3 is 6.03 Å². The number of amides is 4. The van der Waals surface area contributed by atoms with Crippen LogP contribution in [-0.2, 0) is 16.1 Å². The zero-order valence-electron chi connectivity index (χ0n) is 15.7. The number of nitrogens with one attached hydrogen (secondary N) is 1. The largest absolute Gasteiger partial charge is 0.340 e. The Morgan fingerprint density at radius 1 is 1.27 bits per heavy atom. The Balaban J connectivity index is 1.66. The highest BCUT2D eigenvalue weighted by Gasteiger charge is 2.55. The van der Waals surface area contributed by atoms with E-state index in [1.54, 1.807) is 11.9 Å². The third-order valence-electron chi connectivity index (χ3n) is 5.76. The molecule has 1 saturated carbocycles. The maximum Gasteiger partial charge on any atom is 0.325 e. The standard InChI is InChI=1S/C20H27N3O3/c1-14-7-9-16(10-8-14)12-22(3)17(24)13-23-18(25)20(21-19(23)26)11-5-4-6-15(20)2/h7-10,15H,4-6,11-13H2,1-3H3,(H,21,26)/t15-,20+/m0/s1. The topological polar surface area (TPSA) is 69.7 Å². The number of benzene rings is 1. The van der Waals surface area contributed by atoms with Gasteiger partial charge in [0.25, 0.3) is 5.91 Å². The lowest BCUT2D eigenvalue weighted by Crippen LogP contribution is -2.54. The molecule has 1 aliphatic carbocycles. The zero-order valence-corrected chi connectivity index (χ0v) is 15.7. The molecule has 140 valence electrons. The van der Waals surface area contributed by atoms with E-state index in [1.807, 2.05) is 38.1 Å². The molecular formula is C20H27N3O3. The normalized spacial score (nSPS) is 25.5. The highest BCUT2D eigenvalue weighted by molar-refractivity contribution is 6.09. The van der Waals surface area contributed by atoms with Crippen molar-refractivity contribution in [2.24, 2.45) is 5.92 Å². The first-order chi connectivity index (χ1) is 12.3. The van der Waals surface area contributed by atoms with Crippen LogP contribution in [-0.4, -0.2) is 46.8 Å². The van der Waals surface area contributed by atoms with Gasteiger partial charge in [-0.25, -0.2) is 4.79 Å². The number of likely N-dealkylation sites (N-methyl/N-ethyl adjacent to an activating group) is 1. The minimum Gasteiger partial charge on any atom is -0.340 e. The van der Waals surface area contributed by atoms with Crippen LogP contribution in [0.2, 0.25) is 0 Å². The number of hydrogen-bond acceptors (Lipinski definition) is 3. The summed E-state index contributed by atoms with van der Waals surface area (Å²) in [7, 11) is 1.69. The lowest BCUT2D eigenvalue weighted by molar-refractivity contribution is -0.140. The molecule has 1 N–H and O–H groups in total. The van der Waals surface area contributed by atoms with Crippen molar-refractivity contribution in [3.8, 4) is 0 Å². The number of hydrogen-bond donors (Lipinski definition) is 1. The van der Waals surface area contributed by atoms with E-state index >= 15 is 0 Å². The van der Waals surface area contributed by atoms with Gasteiger partial charge in [0, 0.05) is 13.6 Å². The molecule has 1 aromatic rings. The fourth-order valence-electron chi connectivity index (χ4n) is 3.95. The fourth-order valence-corrected chi connectivity index (χ4v) is 3.95. The molecule has 1 aliphatic heterocycles. The van der Waals surface area contributed by atoms with E-state index in [1.165, 1.54) is 0 Å². The van der Waals surface area contributed by atoms with Gasteiger partial charge in [0.05, 0.1) is 0 Å². The molecule has 1 saturated heterocycles. The number of imide groups is 1. The molecule has 1 spiro atoms. The molecule has 4 amide bonds. The van der Waals surface area contributed by atoms with Crippen LogP contribution in [0.5, 0.6) is 0 Å². The number of carbonyl (C=O) groups is 3. The highest BCUT2D eigenvalue weighted by Crippen LogP contribution is 2.38. The third-order valence-corrected chi connectivity index (χ3v) is 5.76. The van der Waals surface area contributed by atoms with E-state index in [4.69, 9.17) is 0 Å². The highest BCUT2D eigenvalue weighted by atomic mass is 16.2. The molecule has 1 heterocycles. The third kappa shape index (κ3) is 3.32. The van der Waals surface area contributed by atoms with Gasteiger partial charge in [-0.2, -0.15) is 0 Å². The Morgan fingerprint density at radius 2 is 1.96 bits per heavy atom. The second-order valence-corrected chi connectivity index (χ2v) is 7.68. The zero-order chi connectivity index (χ0) is 18.9. The maximum absolute atomic E-state index is 12.9. The number of rotatable bonds is 4. The molecular weight excluding hydrogens is 330 g/mol. The summed E-state index contributed by atoms with van der Waals surface area (Å²) >= 11 is 0. The summed E-state index contributed by atoms with van der Waals surface area (Å²) in [6.07, 6.45) is 3.57. The maximum atomic E-state index is 12.9. The van der Waals surface area contributed by atoms with Crippen molar-refractivity contribution < 1.29 is 14.4 Å². The van der Waals surface area contributed by atoms with Gasteiger partial charge < -0.3 is 10.2 Å². The molecule has 2 fully saturated rings. The molecule has 0 radical (unpaired) electrons. The Kier molecular flexibility index (Phi) is 5.03. The van der Waals surface area contributed by atoms with E-state index in [9.17, 15) is 14.4 Å². The Bertz CT molecular complexity index is 716. The monoisotopic (exact) mass is 357 g/mol. The second kappa shape index (κ2) is 7.09. The van der Waals surface area contributed by atoms with Gasteiger partial charge in [0.15, 0.2) is 0 Å². The molecule has 0 bridgehead atoms. The summed E-state index contributed by atoms with van der Waals surface area (Å²) in [5.41, 5.74) is 1.36. The summed E-state index contributed by atoms with van der Waals surface area (Å²) in [4.78, 5) is 40.5. The predicted octanol–water partition coefficient (Wildman–Crippen LogP) is 2.45. The van der Waals surface area contributed by atoms with Crippen LogP contribution in [0.25, 0.3) is 0 Å². The van der Waals surface area contributed by atoms with Gasteiger partial charge in [0.1, 0.15) is 12.1 Å². The minimum atomic E-state index is -0.814. The van der Waals surface area contributed by atoms with Crippen molar-refractivity contribution in [2.75, 3.05) is 13.6 Å². The van der Waals surface area contributed by atoms with Gasteiger partial charge in [-0.15, -0.1) is 0 Å². The number of nitrogens with zero attached hydrogens (tertiary/aromatic N) is 2. The van der Waals surface area contributed by atoms with Crippen LogP contribution < -0.4 is 5.32 Å². The SMILES string of the molecule is Cc1ccc(CN(C)C(=O)CN2C(=O)N[C@@]3(CCCC[C@@H]3C)C2=O)cc1. The average molecular weight is 357 g/mol. The van der Waals surface area contributed by atoms with Crippen molar-refractivity contribution in [2.45, 2.75) is 51.6 Å². The summed E-state index contributed by atoms with van der Waals surface area (Å²) in [5, 5.41) is 2.89. The molecule has 0 unspecified atom stereocenters. The Hall–Kier alpha value is -2.37. The summed E-state index contributed by atoms with van der Waals surface area (Å²) in [6.45, 7) is 4.26. The first-order valence-corrected chi connectivity index (χ1v) is 9.27. The van der Waals surface area contributed by atoms with E-state index in [0.29, 0.717) is 13.0 Å². The lowest BCUT2D eigenvalue weighted by Gasteiger charge is -2.36. The Morgan fingerprint density at radius 3 is 2.62 bits per heavy atom. The van der Waals surface area contributed by atoms with E-state index in [2.05, 4.69) is 5.32 Å². The lowest BCUT2D eigenvalue weighted by atomic mass is 9.73. The quantitative estimate of drug-likeness (QED) is 0.842. The molecule has 3 rings (SSSR count). The van der Waals surface area contributed by atoms with E-state index in [0.717, 1.165) is 35.3 Å². The van der Waals surface area contributed by atoms with Crippen molar-refractivity contribution >= 4 is 17.8 Å². The van der Waals surface area contributed by atoms with Crippen molar-refractivity contribution in [3.63, 3.8) is 0 Å². The van der Waals surface area contributed by atoms with Gasteiger partial charge in [-0.05, 0) is 31.2 Å². The van der Waals surface area contributed by atoms with Crippen LogP contribution in [0.4, 0.5) is 4.79 Å². The van der Waals surface area contributed by atoms with Crippen molar-refractivity contribution in [3.05, 3.63) is 35.4 Å². The second-order valence-electron chi connectivity index (χ2n) is 7.68. The molecule has 6 nitrogen and oxygen atoms in total. The number of carbonyl (C=O) groups excluding carboxylic acids is 3. The summed E-state index contributed by atoms with van der Waals surface area (Å²) in [5.74, 6) is -0.389. The molecule has 6 heteroatoms. The van der Waals surface area contributed by atoms with Crippen molar-refractivity contribution in [1.29, 1.82) is 0 Å². The van der Waals surface area contributed by atoms with E-state index in [-0.39, 0.29) is 24.3 Å². The minimum absolute atomic E-state index is 0.0955. The van der Waals surface area contributed by atoms with Crippen LogP contribution in [0.1, 0.15) is 43.7 Å². The van der Waals surface area contributed by atoms with Crippen LogP contribution in [0.3, 0.4) is 0 Å². The Labute approximate surface area is 154 Å². The average Bonchev–Trinajstić information content (AvgIpc) is 2.84. The molecule has 2 aliphatic rings. The van der Waals surface area contributed by atoms with Gasteiger partial charge in [-0.3, -0.25) is 14.5 Å². The van der Waals surface area contributed by atoms with Crippen LogP contribution >= 0.6 is 0 Å². The van der Waals surface area contributed by atoms with E-state index < -0.39 is 11.6 Å². The predicted molar refractivity (Wildman–Crippen MR) is 98.3 cm³/mol. The smallest absolute Gasteiger partial charge is 0.325 e. The number of urea groups is 1. The van der Waals surface area contributed by atoms with Gasteiger partial charge in [0.2, 0.25) is 5.91 Å². The fraction of sp³-hybridized carbons (Fsp3) is 0.550. The molecule has 0 aromatic heterocycles. The van der Waals surface area contributed by atoms with Crippen LogP contribution in [0, 0.1) is 12.8 Å². The first-order valence-electron chi connectivity index (χ1n) is 9.27. The molecule has 2 atom stereocenters.